The van der Waals surface area contributed by atoms with Crippen molar-refractivity contribution >= 4 is 24.0 Å². The van der Waals surface area contributed by atoms with Crippen LogP contribution in [0.15, 0.2) is 12.4 Å². The van der Waals surface area contributed by atoms with E-state index in [1.165, 1.54) is 12.8 Å². The zero-order chi connectivity index (χ0) is 31.2. The quantitative estimate of drug-likeness (QED) is 0.178. The molecule has 3 amide bonds. The minimum Gasteiger partial charge on any atom is -0.372 e. The van der Waals surface area contributed by atoms with Crippen LogP contribution >= 0.6 is 0 Å². The Morgan fingerprint density at radius 1 is 1.10 bits per heavy atom. The van der Waals surface area contributed by atoms with Crippen molar-refractivity contribution in [3.63, 3.8) is 0 Å². The number of primary amides is 2. The van der Waals surface area contributed by atoms with E-state index >= 15 is 0 Å². The third kappa shape index (κ3) is 10.7. The molecule has 3 aliphatic rings. The SMILES string of the molecule is C#CC1(NC(=C)NC(C(=O)N2CCCC2C(CC2CCC2)C(=O)C(N)=O)C(C)(C)C)CCCCC1.CCC.NC=O. The van der Waals surface area contributed by atoms with Crippen LogP contribution in [0.2, 0.25) is 0 Å². The van der Waals surface area contributed by atoms with Crippen molar-refractivity contribution < 1.29 is 19.2 Å². The largest absolute Gasteiger partial charge is 0.372 e. The number of hydrogen-bond donors (Lipinski definition) is 4. The summed E-state index contributed by atoms with van der Waals surface area (Å²) in [6, 6.07) is -0.860. The predicted molar refractivity (Wildman–Crippen MR) is 164 cm³/mol. The molecule has 3 fully saturated rings. The summed E-state index contributed by atoms with van der Waals surface area (Å²) < 4.78 is 0. The molecule has 9 heteroatoms. The Hall–Kier alpha value is -3.02. The van der Waals surface area contributed by atoms with E-state index < -0.39 is 34.6 Å². The number of amides is 3. The van der Waals surface area contributed by atoms with Crippen molar-refractivity contribution in [1.82, 2.24) is 15.5 Å². The molecule has 9 nitrogen and oxygen atoms in total. The van der Waals surface area contributed by atoms with Gasteiger partial charge in [0.05, 0.1) is 11.4 Å². The molecule has 6 N–H and O–H groups in total. The van der Waals surface area contributed by atoms with Crippen LogP contribution in [0.5, 0.6) is 0 Å². The predicted octanol–water partition coefficient (Wildman–Crippen LogP) is 3.76. The fraction of sp³-hybridized carbons (Fsp3) is 0.750. The van der Waals surface area contributed by atoms with Gasteiger partial charge in [0.1, 0.15) is 6.04 Å². The minimum atomic E-state index is -0.899. The van der Waals surface area contributed by atoms with Gasteiger partial charge >= 0.3 is 0 Å². The van der Waals surface area contributed by atoms with E-state index in [0.29, 0.717) is 31.1 Å². The molecule has 2 aliphatic carbocycles. The first-order valence-corrected chi connectivity index (χ1v) is 15.3. The number of carbonyl (C=O) groups is 4. The number of nitrogens with two attached hydrogens (primary N) is 2. The summed E-state index contributed by atoms with van der Waals surface area (Å²) in [5.74, 6) is 1.87. The van der Waals surface area contributed by atoms with Crippen molar-refractivity contribution in [2.24, 2.45) is 28.7 Å². The van der Waals surface area contributed by atoms with Crippen LogP contribution in [0.1, 0.15) is 112 Å². The number of rotatable bonds is 10. The summed E-state index contributed by atoms with van der Waals surface area (Å²) in [6.07, 6.45) is 17.9. The molecule has 0 bridgehead atoms. The van der Waals surface area contributed by atoms with Gasteiger partial charge in [-0.05, 0) is 43.4 Å². The second-order valence-electron chi connectivity index (χ2n) is 12.8. The van der Waals surface area contributed by atoms with Crippen LogP contribution in [-0.4, -0.2) is 53.1 Å². The Morgan fingerprint density at radius 2 is 1.66 bits per heavy atom. The average Bonchev–Trinajstić information content (AvgIpc) is 3.36. The van der Waals surface area contributed by atoms with Gasteiger partial charge in [-0.1, -0.05) is 92.1 Å². The van der Waals surface area contributed by atoms with Crippen LogP contribution in [0, 0.1) is 29.6 Å². The molecule has 1 aliphatic heterocycles. The monoisotopic (exact) mass is 573 g/mol. The lowest BCUT2D eigenvalue weighted by atomic mass is 9.75. The van der Waals surface area contributed by atoms with Gasteiger partial charge in [-0.15, -0.1) is 6.42 Å². The molecule has 0 aromatic rings. The third-order valence-electron chi connectivity index (χ3n) is 8.24. The first-order valence-electron chi connectivity index (χ1n) is 15.3. The van der Waals surface area contributed by atoms with Crippen molar-refractivity contribution in [1.29, 1.82) is 0 Å². The Balaban J connectivity index is 0.00000129. The van der Waals surface area contributed by atoms with Crippen molar-refractivity contribution in [2.75, 3.05) is 6.54 Å². The van der Waals surface area contributed by atoms with E-state index in [0.717, 1.165) is 51.4 Å². The molecular formula is C32H55N5O4. The maximum absolute atomic E-state index is 14.0. The topological polar surface area (TPSA) is 148 Å². The Kier molecular flexibility index (Phi) is 15.0. The first-order chi connectivity index (χ1) is 19.3. The zero-order valence-corrected chi connectivity index (χ0v) is 26.1. The molecule has 3 rings (SSSR count). The number of nitrogens with one attached hydrogen (secondary N) is 2. The van der Waals surface area contributed by atoms with Gasteiger partial charge in [0.2, 0.25) is 18.1 Å². The smallest absolute Gasteiger partial charge is 0.285 e. The van der Waals surface area contributed by atoms with Gasteiger partial charge in [-0.25, -0.2) is 0 Å². The van der Waals surface area contributed by atoms with Crippen LogP contribution < -0.4 is 22.1 Å². The molecule has 2 saturated carbocycles. The van der Waals surface area contributed by atoms with Gasteiger partial charge in [-0.3, -0.25) is 19.2 Å². The summed E-state index contributed by atoms with van der Waals surface area (Å²) in [6.45, 7) is 15.0. The molecule has 0 radical (unpaired) electrons. The van der Waals surface area contributed by atoms with E-state index in [1.807, 2.05) is 25.7 Å². The molecule has 1 heterocycles. The lowest BCUT2D eigenvalue weighted by molar-refractivity contribution is -0.144. The Labute approximate surface area is 248 Å². The van der Waals surface area contributed by atoms with Crippen molar-refractivity contribution in [2.45, 2.75) is 129 Å². The number of terminal acetylenes is 1. The summed E-state index contributed by atoms with van der Waals surface area (Å²) in [5, 5.41) is 6.76. The molecule has 3 atom stereocenters. The van der Waals surface area contributed by atoms with E-state index in [9.17, 15) is 14.4 Å². The van der Waals surface area contributed by atoms with E-state index in [2.05, 4.69) is 42.7 Å². The van der Waals surface area contributed by atoms with Crippen LogP contribution in [-0.2, 0) is 19.2 Å². The van der Waals surface area contributed by atoms with Crippen molar-refractivity contribution in [3.8, 4) is 12.3 Å². The van der Waals surface area contributed by atoms with Crippen LogP contribution in [0.4, 0.5) is 0 Å². The minimum absolute atomic E-state index is 0.0720. The highest BCUT2D eigenvalue weighted by Gasteiger charge is 2.45. The number of likely N-dealkylation sites (tertiary alicyclic amines) is 1. The van der Waals surface area contributed by atoms with E-state index in [4.69, 9.17) is 17.0 Å². The standard InChI is InChI=1S/C28H44N4O3.C3H8.CH3NO/c1-6-28(15-8-7-9-16-28)31-19(2)30-24(27(3,4)5)26(35)32-17-11-14-22(32)21(23(33)25(29)34)18-20-12-10-13-20;1-3-2;2-1-3/h1,20-22,24,30-31H,2,7-18H2,3-5H3,(H2,29,34);3H2,1-2H3;1H,(H2,2,3). The van der Waals surface area contributed by atoms with Gasteiger partial charge < -0.3 is 27.0 Å². The number of ketones is 1. The molecule has 232 valence electrons. The summed E-state index contributed by atoms with van der Waals surface area (Å²) in [4.78, 5) is 49.1. The second-order valence-corrected chi connectivity index (χ2v) is 12.8. The summed E-state index contributed by atoms with van der Waals surface area (Å²) >= 11 is 0. The maximum atomic E-state index is 14.0. The molecule has 0 spiro atoms. The lowest BCUT2D eigenvalue weighted by Gasteiger charge is -2.41. The highest BCUT2D eigenvalue weighted by Crippen LogP contribution is 2.38. The molecule has 3 unspecified atom stereocenters. The number of carbonyl (C=O) groups excluding carboxylic acids is 4. The Morgan fingerprint density at radius 3 is 2.10 bits per heavy atom. The van der Waals surface area contributed by atoms with Gasteiger partial charge in [0.25, 0.3) is 5.91 Å². The summed E-state index contributed by atoms with van der Waals surface area (Å²) in [5.41, 5.74) is 8.74. The van der Waals surface area contributed by atoms with Gasteiger partial charge in [0, 0.05) is 18.5 Å². The molecule has 0 aromatic carbocycles. The zero-order valence-electron chi connectivity index (χ0n) is 26.1. The highest BCUT2D eigenvalue weighted by atomic mass is 16.2. The fourth-order valence-electron chi connectivity index (χ4n) is 5.97. The third-order valence-corrected chi connectivity index (χ3v) is 8.24. The number of nitrogens with zero attached hydrogens (tertiary/aromatic N) is 1. The van der Waals surface area contributed by atoms with Crippen molar-refractivity contribution in [3.05, 3.63) is 12.4 Å². The summed E-state index contributed by atoms with van der Waals surface area (Å²) in [7, 11) is 0. The molecular weight excluding hydrogens is 518 g/mol. The van der Waals surface area contributed by atoms with Gasteiger partial charge in [0.15, 0.2) is 0 Å². The second kappa shape index (κ2) is 17.1. The fourth-order valence-corrected chi connectivity index (χ4v) is 5.97. The van der Waals surface area contributed by atoms with E-state index in [1.54, 1.807) is 0 Å². The molecule has 0 aromatic heterocycles. The van der Waals surface area contributed by atoms with Crippen LogP contribution in [0.25, 0.3) is 0 Å². The molecule has 41 heavy (non-hydrogen) atoms. The highest BCUT2D eigenvalue weighted by molar-refractivity contribution is 6.36. The Bertz CT molecular complexity index is 925. The first kappa shape index (κ1) is 36.0. The average molecular weight is 574 g/mol. The van der Waals surface area contributed by atoms with Gasteiger partial charge in [-0.2, -0.15) is 0 Å². The number of hydrogen-bond acceptors (Lipinski definition) is 6. The normalized spacial score (nSPS) is 21.2. The molecule has 1 saturated heterocycles. The van der Waals surface area contributed by atoms with Crippen LogP contribution in [0.3, 0.4) is 0 Å². The lowest BCUT2D eigenvalue weighted by Crippen LogP contribution is -2.58. The number of Topliss-reactive ketones (excluding diaryl/α,β-unsaturated/α-hetero) is 1. The van der Waals surface area contributed by atoms with E-state index in [-0.39, 0.29) is 18.4 Å². The maximum Gasteiger partial charge on any atom is 0.285 e.